The van der Waals surface area contributed by atoms with Crippen LogP contribution in [-0.4, -0.2) is 23.9 Å². The fourth-order valence-corrected chi connectivity index (χ4v) is 1.85. The van der Waals surface area contributed by atoms with Crippen LogP contribution >= 0.6 is 0 Å². The van der Waals surface area contributed by atoms with Gasteiger partial charge >= 0.3 is 0 Å². The van der Waals surface area contributed by atoms with Crippen molar-refractivity contribution in [3.05, 3.63) is 35.4 Å². The fraction of sp³-hybridized carbons (Fsp3) is 0.500. The van der Waals surface area contributed by atoms with Crippen LogP contribution in [0.4, 0.5) is 0 Å². The molecule has 0 aliphatic carbocycles. The molecular formula is C14H21NO. The molecule has 1 aromatic rings. The summed E-state index contributed by atoms with van der Waals surface area (Å²) in [5, 5.41) is 0. The van der Waals surface area contributed by atoms with E-state index in [0.717, 1.165) is 19.5 Å². The Kier molecular flexibility index (Phi) is 5.03. The minimum absolute atomic E-state index is 0.256. The molecule has 0 spiro atoms. The van der Waals surface area contributed by atoms with E-state index in [0.29, 0.717) is 6.42 Å². The van der Waals surface area contributed by atoms with E-state index >= 15 is 0 Å². The van der Waals surface area contributed by atoms with Crippen LogP contribution in [0.2, 0.25) is 0 Å². The van der Waals surface area contributed by atoms with E-state index in [1.54, 1.807) is 0 Å². The molecule has 88 valence electrons. The highest BCUT2D eigenvalue weighted by molar-refractivity contribution is 5.76. The number of amides is 1. The Bertz CT molecular complexity index is 342. The van der Waals surface area contributed by atoms with Gasteiger partial charge in [0.2, 0.25) is 5.91 Å². The van der Waals surface area contributed by atoms with Crippen molar-refractivity contribution in [2.24, 2.45) is 0 Å². The molecule has 0 aliphatic rings. The van der Waals surface area contributed by atoms with Crippen molar-refractivity contribution in [1.82, 2.24) is 4.90 Å². The number of carbonyl (C=O) groups excluding carboxylic acids is 1. The van der Waals surface area contributed by atoms with E-state index < -0.39 is 0 Å². The Morgan fingerprint density at radius 1 is 1.25 bits per heavy atom. The second kappa shape index (κ2) is 6.31. The van der Waals surface area contributed by atoms with E-state index in [1.807, 2.05) is 24.8 Å². The van der Waals surface area contributed by atoms with Crippen LogP contribution < -0.4 is 0 Å². The van der Waals surface area contributed by atoms with Crippen LogP contribution in [0.3, 0.4) is 0 Å². The number of hydrogen-bond acceptors (Lipinski definition) is 1. The molecule has 0 unspecified atom stereocenters. The van der Waals surface area contributed by atoms with Crippen molar-refractivity contribution in [3.8, 4) is 0 Å². The Morgan fingerprint density at radius 2 is 1.94 bits per heavy atom. The van der Waals surface area contributed by atoms with Crippen LogP contribution in [0.15, 0.2) is 24.3 Å². The lowest BCUT2D eigenvalue weighted by molar-refractivity contribution is -0.130. The lowest BCUT2D eigenvalue weighted by atomic mass is 10.1. The molecule has 0 heterocycles. The average molecular weight is 219 g/mol. The van der Waals surface area contributed by atoms with Crippen molar-refractivity contribution in [1.29, 1.82) is 0 Å². The Labute approximate surface area is 98.3 Å². The summed E-state index contributed by atoms with van der Waals surface area (Å²) in [4.78, 5) is 13.7. The second-order valence-corrected chi connectivity index (χ2v) is 4.06. The summed E-state index contributed by atoms with van der Waals surface area (Å²) in [6.07, 6.45) is 1.46. The number of nitrogens with zero attached hydrogens (tertiary/aromatic N) is 1. The first-order valence-electron chi connectivity index (χ1n) is 6.00. The van der Waals surface area contributed by atoms with Gasteiger partial charge in [-0.05, 0) is 32.8 Å². The van der Waals surface area contributed by atoms with Gasteiger partial charge in [-0.25, -0.2) is 0 Å². The third-order valence-corrected chi connectivity index (χ3v) is 2.83. The van der Waals surface area contributed by atoms with Gasteiger partial charge in [0.05, 0.1) is 0 Å². The quantitative estimate of drug-likeness (QED) is 0.745. The standard InChI is InChI=1S/C14H21NO/c1-4-15(5-2)14(16)10-9-13-8-6-7-12(3)11-13/h6-8,11H,4-5,9-10H2,1-3H3. The molecule has 0 saturated carbocycles. The predicted octanol–water partition coefficient (Wildman–Crippen LogP) is 2.80. The van der Waals surface area contributed by atoms with Crippen molar-refractivity contribution >= 4 is 5.91 Å². The maximum atomic E-state index is 11.8. The molecule has 0 fully saturated rings. The minimum atomic E-state index is 0.256. The van der Waals surface area contributed by atoms with E-state index in [2.05, 4.69) is 25.1 Å². The Morgan fingerprint density at radius 3 is 2.50 bits per heavy atom. The molecule has 0 N–H and O–H groups in total. The van der Waals surface area contributed by atoms with Gasteiger partial charge in [0, 0.05) is 19.5 Å². The molecule has 1 aromatic carbocycles. The minimum Gasteiger partial charge on any atom is -0.343 e. The Balaban J connectivity index is 2.48. The number of hydrogen-bond donors (Lipinski definition) is 0. The molecule has 16 heavy (non-hydrogen) atoms. The summed E-state index contributed by atoms with van der Waals surface area (Å²) >= 11 is 0. The number of aryl methyl sites for hydroxylation is 2. The van der Waals surface area contributed by atoms with Crippen LogP contribution in [0.5, 0.6) is 0 Å². The largest absolute Gasteiger partial charge is 0.343 e. The van der Waals surface area contributed by atoms with E-state index in [4.69, 9.17) is 0 Å². The molecule has 0 aliphatic heterocycles. The first-order valence-corrected chi connectivity index (χ1v) is 6.00. The van der Waals surface area contributed by atoms with Gasteiger partial charge in [0.15, 0.2) is 0 Å². The summed E-state index contributed by atoms with van der Waals surface area (Å²) in [6.45, 7) is 7.74. The van der Waals surface area contributed by atoms with Crippen LogP contribution in [0, 0.1) is 6.92 Å². The molecule has 1 rings (SSSR count). The van der Waals surface area contributed by atoms with Gasteiger partial charge in [0.1, 0.15) is 0 Å². The highest BCUT2D eigenvalue weighted by Crippen LogP contribution is 2.07. The predicted molar refractivity (Wildman–Crippen MR) is 67.4 cm³/mol. The van der Waals surface area contributed by atoms with Crippen molar-refractivity contribution in [2.75, 3.05) is 13.1 Å². The summed E-state index contributed by atoms with van der Waals surface area (Å²) in [5.41, 5.74) is 2.51. The lowest BCUT2D eigenvalue weighted by Gasteiger charge is -2.18. The summed E-state index contributed by atoms with van der Waals surface area (Å²) in [7, 11) is 0. The molecule has 2 heteroatoms. The van der Waals surface area contributed by atoms with Gasteiger partial charge < -0.3 is 4.90 Å². The van der Waals surface area contributed by atoms with Gasteiger partial charge in [-0.15, -0.1) is 0 Å². The van der Waals surface area contributed by atoms with Gasteiger partial charge in [-0.3, -0.25) is 4.79 Å². The molecule has 0 atom stereocenters. The maximum absolute atomic E-state index is 11.8. The molecule has 0 aromatic heterocycles. The molecule has 1 amide bonds. The summed E-state index contributed by atoms with van der Waals surface area (Å²) in [6, 6.07) is 8.36. The molecule has 0 bridgehead atoms. The van der Waals surface area contributed by atoms with Gasteiger partial charge in [-0.2, -0.15) is 0 Å². The Hall–Kier alpha value is -1.31. The van der Waals surface area contributed by atoms with Crippen LogP contribution in [0.25, 0.3) is 0 Å². The first kappa shape index (κ1) is 12.8. The van der Waals surface area contributed by atoms with Crippen LogP contribution in [0.1, 0.15) is 31.4 Å². The zero-order chi connectivity index (χ0) is 12.0. The van der Waals surface area contributed by atoms with Crippen molar-refractivity contribution in [3.63, 3.8) is 0 Å². The smallest absolute Gasteiger partial charge is 0.222 e. The van der Waals surface area contributed by atoms with Gasteiger partial charge in [0.25, 0.3) is 0 Å². The second-order valence-electron chi connectivity index (χ2n) is 4.06. The van der Waals surface area contributed by atoms with E-state index in [-0.39, 0.29) is 5.91 Å². The zero-order valence-electron chi connectivity index (χ0n) is 10.5. The van der Waals surface area contributed by atoms with Crippen molar-refractivity contribution in [2.45, 2.75) is 33.6 Å². The molecule has 0 radical (unpaired) electrons. The topological polar surface area (TPSA) is 20.3 Å². The summed E-state index contributed by atoms with van der Waals surface area (Å²) < 4.78 is 0. The summed E-state index contributed by atoms with van der Waals surface area (Å²) in [5.74, 6) is 0.256. The molecule has 0 saturated heterocycles. The van der Waals surface area contributed by atoms with Crippen LogP contribution in [-0.2, 0) is 11.2 Å². The third-order valence-electron chi connectivity index (χ3n) is 2.83. The molecule has 2 nitrogen and oxygen atoms in total. The average Bonchev–Trinajstić information content (AvgIpc) is 2.28. The zero-order valence-corrected chi connectivity index (χ0v) is 10.5. The van der Waals surface area contributed by atoms with E-state index in [1.165, 1.54) is 11.1 Å². The third kappa shape index (κ3) is 3.69. The number of rotatable bonds is 5. The normalized spacial score (nSPS) is 10.2. The highest BCUT2D eigenvalue weighted by Gasteiger charge is 2.08. The lowest BCUT2D eigenvalue weighted by Crippen LogP contribution is -2.30. The number of carbonyl (C=O) groups is 1. The maximum Gasteiger partial charge on any atom is 0.222 e. The van der Waals surface area contributed by atoms with Gasteiger partial charge in [-0.1, -0.05) is 29.8 Å². The first-order chi connectivity index (χ1) is 7.67. The van der Waals surface area contributed by atoms with E-state index in [9.17, 15) is 4.79 Å². The molecular weight excluding hydrogens is 198 g/mol. The highest BCUT2D eigenvalue weighted by atomic mass is 16.2. The monoisotopic (exact) mass is 219 g/mol. The fourth-order valence-electron chi connectivity index (χ4n) is 1.85. The van der Waals surface area contributed by atoms with Crippen molar-refractivity contribution < 1.29 is 4.79 Å². The SMILES string of the molecule is CCN(CC)C(=O)CCc1cccc(C)c1. The number of benzene rings is 1.